The van der Waals surface area contributed by atoms with E-state index in [1.165, 1.54) is 14.0 Å². The molecule has 4 N–H and O–H groups in total. The van der Waals surface area contributed by atoms with Crippen LogP contribution in [0.5, 0.6) is 0 Å². The Morgan fingerprint density at radius 1 is 1.13 bits per heavy atom. The highest BCUT2D eigenvalue weighted by Crippen LogP contribution is 2.23. The fourth-order valence-corrected chi connectivity index (χ4v) is 3.36. The maximum absolute atomic E-state index is 12.9. The van der Waals surface area contributed by atoms with Crippen LogP contribution in [-0.4, -0.2) is 42.6 Å². The number of nitrogens with one attached hydrogen (secondary N) is 2. The SMILES string of the molecule is COC(=O)c1ccc(C(N)CC(=O)N[C@H](C(=O)[C@@H]2C(=O)NC(=O)[C@H]2C)C(C)C)cc1. The number of ether oxygens (including phenoxy) is 1. The molecular formula is C21H27N3O6. The summed E-state index contributed by atoms with van der Waals surface area (Å²) in [7, 11) is 1.28. The summed E-state index contributed by atoms with van der Waals surface area (Å²) < 4.78 is 4.64. The van der Waals surface area contributed by atoms with Gasteiger partial charge in [-0.15, -0.1) is 0 Å². The van der Waals surface area contributed by atoms with Gasteiger partial charge in [0.25, 0.3) is 0 Å². The molecule has 0 spiro atoms. The molecule has 3 amide bonds. The molecule has 162 valence electrons. The standard InChI is InChI=1S/C21H27N3O6/c1-10(2)17(18(26)16-11(3)19(27)24-20(16)28)23-15(25)9-14(22)12-5-7-13(8-6-12)21(29)30-4/h5-8,10-11,14,16-17H,9,22H2,1-4H3,(H,23,25)(H,24,27,28)/t11-,14?,16+,17-/m0/s1. The van der Waals surface area contributed by atoms with Crippen molar-refractivity contribution in [1.82, 2.24) is 10.6 Å². The van der Waals surface area contributed by atoms with Crippen molar-refractivity contribution >= 4 is 29.5 Å². The van der Waals surface area contributed by atoms with E-state index in [-0.39, 0.29) is 12.3 Å². The van der Waals surface area contributed by atoms with Crippen molar-refractivity contribution < 1.29 is 28.7 Å². The van der Waals surface area contributed by atoms with Crippen molar-refractivity contribution in [3.05, 3.63) is 35.4 Å². The normalized spacial score (nSPS) is 20.5. The zero-order chi connectivity index (χ0) is 22.6. The van der Waals surface area contributed by atoms with Crippen LogP contribution in [0, 0.1) is 17.8 Å². The first-order valence-electron chi connectivity index (χ1n) is 9.68. The summed E-state index contributed by atoms with van der Waals surface area (Å²) in [5.74, 6) is -4.75. The van der Waals surface area contributed by atoms with Gasteiger partial charge in [0, 0.05) is 12.5 Å². The van der Waals surface area contributed by atoms with Gasteiger partial charge in [0.15, 0.2) is 5.78 Å². The minimum Gasteiger partial charge on any atom is -0.465 e. The molecule has 4 atom stereocenters. The molecule has 1 aliphatic rings. The molecule has 0 radical (unpaired) electrons. The fraction of sp³-hybridized carbons (Fsp3) is 0.476. The lowest BCUT2D eigenvalue weighted by Crippen LogP contribution is -2.49. The number of methoxy groups -OCH3 is 1. The molecule has 1 saturated heterocycles. The molecule has 1 fully saturated rings. The number of imide groups is 1. The van der Waals surface area contributed by atoms with Crippen molar-refractivity contribution in [2.24, 2.45) is 23.5 Å². The van der Waals surface area contributed by atoms with Gasteiger partial charge in [0.05, 0.1) is 24.6 Å². The summed E-state index contributed by atoms with van der Waals surface area (Å²) in [4.78, 5) is 60.6. The van der Waals surface area contributed by atoms with Gasteiger partial charge >= 0.3 is 5.97 Å². The zero-order valence-electron chi connectivity index (χ0n) is 17.4. The van der Waals surface area contributed by atoms with E-state index in [1.54, 1.807) is 38.1 Å². The van der Waals surface area contributed by atoms with Crippen LogP contribution in [0.4, 0.5) is 0 Å². The van der Waals surface area contributed by atoms with Crippen LogP contribution in [0.25, 0.3) is 0 Å². The lowest BCUT2D eigenvalue weighted by atomic mass is 9.85. The van der Waals surface area contributed by atoms with E-state index in [2.05, 4.69) is 15.4 Å². The molecule has 1 aromatic carbocycles. The second-order valence-electron chi connectivity index (χ2n) is 7.74. The third-order valence-corrected chi connectivity index (χ3v) is 5.20. The number of benzene rings is 1. The number of hydrogen-bond acceptors (Lipinski definition) is 7. The number of rotatable bonds is 8. The van der Waals surface area contributed by atoms with Gasteiger partial charge in [0.2, 0.25) is 17.7 Å². The number of ketones is 1. The van der Waals surface area contributed by atoms with Crippen molar-refractivity contribution in [2.75, 3.05) is 7.11 Å². The van der Waals surface area contributed by atoms with Gasteiger partial charge in [-0.1, -0.05) is 32.9 Å². The van der Waals surface area contributed by atoms with E-state index < -0.39 is 53.4 Å². The predicted molar refractivity (Wildman–Crippen MR) is 107 cm³/mol. The topological polar surface area (TPSA) is 145 Å². The third kappa shape index (κ3) is 5.10. The minimum atomic E-state index is -1.12. The van der Waals surface area contributed by atoms with Gasteiger partial charge in [-0.05, 0) is 23.6 Å². The van der Waals surface area contributed by atoms with Crippen LogP contribution in [0.1, 0.15) is 49.2 Å². The Balaban J connectivity index is 2.04. The summed E-state index contributed by atoms with van der Waals surface area (Å²) in [5, 5.41) is 4.81. The van der Waals surface area contributed by atoms with Crippen LogP contribution in [0.15, 0.2) is 24.3 Å². The molecule has 1 aromatic rings. The highest BCUT2D eigenvalue weighted by Gasteiger charge is 2.46. The average molecular weight is 417 g/mol. The maximum Gasteiger partial charge on any atom is 0.337 e. The van der Waals surface area contributed by atoms with Gasteiger partial charge in [-0.3, -0.25) is 24.5 Å². The Bertz CT molecular complexity index is 849. The molecular weight excluding hydrogens is 390 g/mol. The van der Waals surface area contributed by atoms with Crippen molar-refractivity contribution in [2.45, 2.75) is 39.3 Å². The molecule has 1 heterocycles. The largest absolute Gasteiger partial charge is 0.465 e. The van der Waals surface area contributed by atoms with Crippen molar-refractivity contribution in [1.29, 1.82) is 0 Å². The number of hydrogen-bond donors (Lipinski definition) is 3. The monoisotopic (exact) mass is 417 g/mol. The van der Waals surface area contributed by atoms with Gasteiger partial charge in [-0.2, -0.15) is 0 Å². The smallest absolute Gasteiger partial charge is 0.337 e. The molecule has 2 rings (SSSR count). The Kier molecular flexibility index (Phi) is 7.44. The highest BCUT2D eigenvalue weighted by atomic mass is 16.5. The van der Waals surface area contributed by atoms with E-state index in [0.29, 0.717) is 11.1 Å². The van der Waals surface area contributed by atoms with Gasteiger partial charge in [0.1, 0.15) is 5.92 Å². The van der Waals surface area contributed by atoms with Crippen LogP contribution < -0.4 is 16.4 Å². The van der Waals surface area contributed by atoms with Gasteiger partial charge in [-0.25, -0.2) is 4.79 Å². The Hall–Kier alpha value is -3.07. The molecule has 0 aliphatic carbocycles. The average Bonchev–Trinajstić information content (AvgIpc) is 2.96. The lowest BCUT2D eigenvalue weighted by molar-refractivity contribution is -0.137. The van der Waals surface area contributed by atoms with Crippen LogP contribution in [-0.2, 0) is 23.9 Å². The summed E-state index contributed by atoms with van der Waals surface area (Å²) in [5.41, 5.74) is 7.10. The number of carbonyl (C=O) groups is 5. The highest BCUT2D eigenvalue weighted by molar-refractivity contribution is 6.16. The number of carbonyl (C=O) groups excluding carboxylic acids is 5. The molecule has 1 unspecified atom stereocenters. The minimum absolute atomic E-state index is 0.0978. The Morgan fingerprint density at radius 2 is 1.73 bits per heavy atom. The van der Waals surface area contributed by atoms with Crippen LogP contribution >= 0.6 is 0 Å². The first kappa shape index (κ1) is 23.2. The Morgan fingerprint density at radius 3 is 2.20 bits per heavy atom. The van der Waals surface area contributed by atoms with E-state index in [0.717, 1.165) is 0 Å². The molecule has 1 aliphatic heterocycles. The number of esters is 1. The second-order valence-corrected chi connectivity index (χ2v) is 7.74. The number of amides is 3. The fourth-order valence-electron chi connectivity index (χ4n) is 3.36. The quantitative estimate of drug-likeness (QED) is 0.317. The first-order valence-corrected chi connectivity index (χ1v) is 9.68. The molecule has 30 heavy (non-hydrogen) atoms. The van der Waals surface area contributed by atoms with E-state index in [9.17, 15) is 24.0 Å². The number of nitrogens with two attached hydrogens (primary N) is 1. The van der Waals surface area contributed by atoms with E-state index >= 15 is 0 Å². The molecule has 9 heteroatoms. The van der Waals surface area contributed by atoms with E-state index in [1.807, 2.05) is 0 Å². The predicted octanol–water partition coefficient (Wildman–Crippen LogP) is 0.482. The van der Waals surface area contributed by atoms with Crippen molar-refractivity contribution in [3.63, 3.8) is 0 Å². The van der Waals surface area contributed by atoms with E-state index in [4.69, 9.17) is 5.73 Å². The van der Waals surface area contributed by atoms with Crippen LogP contribution in [0.2, 0.25) is 0 Å². The zero-order valence-corrected chi connectivity index (χ0v) is 17.4. The molecule has 9 nitrogen and oxygen atoms in total. The molecule has 0 saturated carbocycles. The molecule has 0 bridgehead atoms. The third-order valence-electron chi connectivity index (χ3n) is 5.20. The van der Waals surface area contributed by atoms with Gasteiger partial charge < -0.3 is 15.8 Å². The first-order chi connectivity index (χ1) is 14.1. The van der Waals surface area contributed by atoms with Crippen molar-refractivity contribution in [3.8, 4) is 0 Å². The second kappa shape index (κ2) is 9.62. The summed E-state index contributed by atoms with van der Waals surface area (Å²) in [6, 6.07) is 4.79. The summed E-state index contributed by atoms with van der Waals surface area (Å²) >= 11 is 0. The summed E-state index contributed by atoms with van der Waals surface area (Å²) in [6.07, 6.45) is -0.0978. The van der Waals surface area contributed by atoms with Crippen LogP contribution in [0.3, 0.4) is 0 Å². The maximum atomic E-state index is 12.9. The Labute approximate surface area is 174 Å². The number of Topliss-reactive ketones (excluding diaryl/α,β-unsaturated/α-hetero) is 1. The lowest BCUT2D eigenvalue weighted by Gasteiger charge is -2.25. The molecule has 0 aromatic heterocycles. The summed E-state index contributed by atoms with van der Waals surface area (Å²) in [6.45, 7) is 5.00.